The highest BCUT2D eigenvalue weighted by Gasteiger charge is 2.45. The number of carbonyl (C=O) groups is 3. The smallest absolute Gasteiger partial charge is 0.269 e. The lowest BCUT2D eigenvalue weighted by Gasteiger charge is -2.24. The number of thiocarbonyl (C=S) groups is 1. The number of benzene rings is 3. The van der Waals surface area contributed by atoms with Crippen LogP contribution >= 0.6 is 12.2 Å². The maximum Gasteiger partial charge on any atom is 0.269 e. The number of hydrazine groups is 1. The van der Waals surface area contributed by atoms with Crippen LogP contribution < -0.4 is 20.4 Å². The van der Waals surface area contributed by atoms with Crippen molar-refractivity contribution in [3.05, 3.63) is 96.1 Å². The summed E-state index contributed by atoms with van der Waals surface area (Å²) >= 11 is 5.57. The quantitative estimate of drug-likeness (QED) is 0.437. The molecule has 1 heterocycles. The fourth-order valence-electron chi connectivity index (χ4n) is 3.87. The van der Waals surface area contributed by atoms with E-state index in [2.05, 4.69) is 10.7 Å². The van der Waals surface area contributed by atoms with Crippen LogP contribution in [0.4, 0.5) is 5.69 Å². The molecular weight excluding hydrogens is 476 g/mol. The first-order chi connectivity index (χ1) is 17.5. The molecule has 3 aromatic rings. The van der Waals surface area contributed by atoms with Crippen molar-refractivity contribution in [3.8, 4) is 5.75 Å². The number of anilines is 1. The van der Waals surface area contributed by atoms with E-state index in [-0.39, 0.29) is 23.3 Å². The molecule has 0 aliphatic carbocycles. The summed E-state index contributed by atoms with van der Waals surface area (Å²) < 4.78 is 5.14. The van der Waals surface area contributed by atoms with Gasteiger partial charge >= 0.3 is 0 Å². The van der Waals surface area contributed by atoms with Gasteiger partial charge in [-0.25, -0.2) is 5.01 Å². The molecule has 1 saturated heterocycles. The zero-order chi connectivity index (χ0) is 25.5. The molecule has 9 heteroatoms. The minimum Gasteiger partial charge on any atom is -0.497 e. The van der Waals surface area contributed by atoms with E-state index in [1.54, 1.807) is 48.5 Å². The minimum atomic E-state index is -0.989. The van der Waals surface area contributed by atoms with Gasteiger partial charge in [0.1, 0.15) is 11.8 Å². The fraction of sp³-hybridized carbons (Fsp3) is 0.185. The van der Waals surface area contributed by atoms with Gasteiger partial charge in [0.15, 0.2) is 0 Å². The van der Waals surface area contributed by atoms with Crippen molar-refractivity contribution in [2.45, 2.75) is 18.9 Å². The summed E-state index contributed by atoms with van der Waals surface area (Å²) in [6, 6.07) is 24.2. The fourth-order valence-corrected chi connectivity index (χ4v) is 4.24. The molecule has 0 spiro atoms. The number of nitrogens with zero attached hydrogens (tertiary/aromatic N) is 2. The molecular formula is C27H26N4O4S. The molecule has 1 aliphatic rings. The Morgan fingerprint density at radius 2 is 1.58 bits per heavy atom. The van der Waals surface area contributed by atoms with Gasteiger partial charge in [-0.15, -0.1) is 0 Å². The first-order valence-electron chi connectivity index (χ1n) is 11.5. The Morgan fingerprint density at radius 1 is 0.944 bits per heavy atom. The molecule has 36 heavy (non-hydrogen) atoms. The highest BCUT2D eigenvalue weighted by Crippen LogP contribution is 2.26. The molecule has 1 atom stereocenters. The van der Waals surface area contributed by atoms with Gasteiger partial charge in [-0.2, -0.15) is 0 Å². The van der Waals surface area contributed by atoms with Crippen LogP contribution in [0.2, 0.25) is 0 Å². The van der Waals surface area contributed by atoms with Crippen LogP contribution in [0.3, 0.4) is 0 Å². The third-order valence-electron chi connectivity index (χ3n) is 5.76. The van der Waals surface area contributed by atoms with Crippen LogP contribution in [0, 0.1) is 0 Å². The first kappa shape index (κ1) is 24.9. The second-order valence-electron chi connectivity index (χ2n) is 8.14. The molecule has 3 aromatic carbocycles. The van der Waals surface area contributed by atoms with Crippen molar-refractivity contribution in [1.82, 2.24) is 15.8 Å². The molecule has 0 radical (unpaired) electrons. The number of amides is 3. The summed E-state index contributed by atoms with van der Waals surface area (Å²) in [5, 5.41) is 4.25. The average molecular weight is 503 g/mol. The zero-order valence-corrected chi connectivity index (χ0v) is 20.5. The summed E-state index contributed by atoms with van der Waals surface area (Å²) in [5.74, 6) is -0.555. The van der Waals surface area contributed by atoms with Crippen molar-refractivity contribution < 1.29 is 19.1 Å². The van der Waals surface area contributed by atoms with Gasteiger partial charge in [0.05, 0.1) is 19.2 Å². The van der Waals surface area contributed by atoms with E-state index in [9.17, 15) is 14.4 Å². The number of methoxy groups -OCH3 is 1. The third kappa shape index (κ3) is 5.69. The van der Waals surface area contributed by atoms with Gasteiger partial charge in [0.25, 0.3) is 11.8 Å². The first-order valence-corrected chi connectivity index (χ1v) is 11.9. The average Bonchev–Trinajstić information content (AvgIpc) is 3.13. The molecule has 1 fully saturated rings. The minimum absolute atomic E-state index is 0.0927. The van der Waals surface area contributed by atoms with Crippen molar-refractivity contribution in [3.63, 3.8) is 0 Å². The van der Waals surface area contributed by atoms with Gasteiger partial charge in [-0.3, -0.25) is 24.7 Å². The van der Waals surface area contributed by atoms with E-state index in [4.69, 9.17) is 17.0 Å². The molecule has 0 aromatic heterocycles. The molecule has 2 N–H and O–H groups in total. The Labute approximate surface area is 214 Å². The monoisotopic (exact) mass is 502 g/mol. The van der Waals surface area contributed by atoms with Gasteiger partial charge < -0.3 is 10.1 Å². The van der Waals surface area contributed by atoms with Gasteiger partial charge in [-0.05, 0) is 60.6 Å². The number of carbonyl (C=O) groups excluding carboxylic acids is 3. The molecule has 4 rings (SSSR count). The molecule has 0 saturated carbocycles. The number of hydrogen-bond donors (Lipinski definition) is 2. The SMILES string of the molecule is COc1ccc(C(=O)NN2C(=S)N(c3ccccc3)C(=O)C2CC(=O)NCCc2ccccc2)cc1. The Hall–Kier alpha value is -4.24. The van der Waals surface area contributed by atoms with E-state index in [0.717, 1.165) is 5.56 Å². The Morgan fingerprint density at radius 3 is 2.22 bits per heavy atom. The van der Waals surface area contributed by atoms with Gasteiger partial charge in [-0.1, -0.05) is 48.5 Å². The summed E-state index contributed by atoms with van der Waals surface area (Å²) in [7, 11) is 1.54. The lowest BCUT2D eigenvalue weighted by atomic mass is 10.1. The second-order valence-corrected chi connectivity index (χ2v) is 8.50. The number of rotatable bonds is 9. The number of hydrogen-bond acceptors (Lipinski definition) is 5. The molecule has 0 bridgehead atoms. The number of ether oxygens (including phenoxy) is 1. The maximum absolute atomic E-state index is 13.4. The van der Waals surface area contributed by atoms with Crippen LogP contribution in [0.15, 0.2) is 84.9 Å². The topological polar surface area (TPSA) is 91.0 Å². The molecule has 1 aliphatic heterocycles. The predicted molar refractivity (Wildman–Crippen MR) is 140 cm³/mol. The summed E-state index contributed by atoms with van der Waals surface area (Å²) in [6.45, 7) is 0.425. The van der Waals surface area contributed by atoms with Crippen molar-refractivity contribution in [2.24, 2.45) is 0 Å². The summed E-state index contributed by atoms with van der Waals surface area (Å²) in [5.41, 5.74) is 4.73. The second kappa shape index (κ2) is 11.5. The van der Waals surface area contributed by atoms with Gasteiger partial charge in [0.2, 0.25) is 11.0 Å². The van der Waals surface area contributed by atoms with Crippen LogP contribution in [0.25, 0.3) is 0 Å². The zero-order valence-electron chi connectivity index (χ0n) is 19.7. The summed E-state index contributed by atoms with van der Waals surface area (Å²) in [4.78, 5) is 40.5. The van der Waals surface area contributed by atoms with E-state index in [0.29, 0.717) is 30.0 Å². The maximum atomic E-state index is 13.4. The molecule has 8 nitrogen and oxygen atoms in total. The Balaban J connectivity index is 1.49. The van der Waals surface area contributed by atoms with Crippen molar-refractivity contribution in [1.29, 1.82) is 0 Å². The van der Waals surface area contributed by atoms with Gasteiger partial charge in [0, 0.05) is 12.1 Å². The van der Waals surface area contributed by atoms with Crippen molar-refractivity contribution in [2.75, 3.05) is 18.6 Å². The Bertz CT molecular complexity index is 1240. The van der Waals surface area contributed by atoms with E-state index >= 15 is 0 Å². The highest BCUT2D eigenvalue weighted by atomic mass is 32.1. The normalized spacial score (nSPS) is 15.1. The predicted octanol–water partition coefficient (Wildman–Crippen LogP) is 3.09. The van der Waals surface area contributed by atoms with Crippen LogP contribution in [-0.2, 0) is 16.0 Å². The van der Waals surface area contributed by atoms with E-state index in [1.807, 2.05) is 36.4 Å². The molecule has 184 valence electrons. The van der Waals surface area contributed by atoms with Crippen LogP contribution in [0.1, 0.15) is 22.3 Å². The number of nitrogens with one attached hydrogen (secondary N) is 2. The molecule has 1 unspecified atom stereocenters. The van der Waals surface area contributed by atoms with Crippen LogP contribution in [-0.4, -0.2) is 47.5 Å². The Kier molecular flexibility index (Phi) is 7.92. The van der Waals surface area contributed by atoms with Crippen molar-refractivity contribution >= 4 is 40.7 Å². The van der Waals surface area contributed by atoms with E-state index in [1.165, 1.54) is 17.0 Å². The summed E-state index contributed by atoms with van der Waals surface area (Å²) in [6.07, 6.45) is 0.498. The lowest BCUT2D eigenvalue weighted by Crippen LogP contribution is -2.50. The third-order valence-corrected chi connectivity index (χ3v) is 6.14. The van der Waals surface area contributed by atoms with E-state index < -0.39 is 11.9 Å². The number of para-hydroxylation sites is 1. The van der Waals surface area contributed by atoms with Crippen LogP contribution in [0.5, 0.6) is 5.75 Å². The highest BCUT2D eigenvalue weighted by molar-refractivity contribution is 7.80. The largest absolute Gasteiger partial charge is 0.497 e. The standard InChI is InChI=1S/C27H26N4O4S/c1-35-22-14-12-20(13-15-22)25(33)29-31-23(18-24(32)28-17-16-19-8-4-2-5-9-19)26(34)30(27(31)36)21-10-6-3-7-11-21/h2-15,23H,16-18H2,1H3,(H,28,32)(H,29,33). The lowest BCUT2D eigenvalue weighted by molar-refractivity contribution is -0.127. The molecule has 3 amide bonds.